The van der Waals surface area contributed by atoms with Crippen LogP contribution in [0.1, 0.15) is 11.3 Å². The number of carbonyl (C=O) groups excluding carboxylic acids is 1. The Labute approximate surface area is 121 Å². The topological polar surface area (TPSA) is 85.4 Å². The third-order valence-electron chi connectivity index (χ3n) is 2.88. The van der Waals surface area contributed by atoms with Crippen LogP contribution in [0.5, 0.6) is 0 Å². The molecule has 0 spiro atoms. The lowest BCUT2D eigenvalue weighted by Crippen LogP contribution is -2.03. The maximum atomic E-state index is 11.9. The number of halogens is 1. The van der Waals surface area contributed by atoms with Crippen LogP contribution in [0.3, 0.4) is 0 Å². The van der Waals surface area contributed by atoms with Crippen LogP contribution in [0, 0.1) is 10.1 Å². The second kappa shape index (κ2) is 4.61. The fourth-order valence-electron chi connectivity index (χ4n) is 1.98. The number of nitrogens with zero attached hydrogens (tertiary/aromatic N) is 1. The Hall–Kier alpha value is -2.41. The molecular weight excluding hydrogens is 328 g/mol. The van der Waals surface area contributed by atoms with Crippen molar-refractivity contribution < 1.29 is 14.1 Å². The predicted molar refractivity (Wildman–Crippen MR) is 76.0 cm³/mol. The van der Waals surface area contributed by atoms with Gasteiger partial charge < -0.3 is 9.73 Å². The molecule has 0 aliphatic carbocycles. The Bertz CT molecular complexity index is 763. The summed E-state index contributed by atoms with van der Waals surface area (Å²) in [6, 6.07) is 7.64. The number of benzene rings is 1. The Kier molecular flexibility index (Phi) is 2.90. The van der Waals surface area contributed by atoms with Crippen LogP contribution in [0.15, 0.2) is 39.4 Å². The van der Waals surface area contributed by atoms with E-state index in [1.807, 2.05) is 0 Å². The highest BCUT2D eigenvalue weighted by molar-refractivity contribution is 9.10. The summed E-state index contributed by atoms with van der Waals surface area (Å²) in [7, 11) is 0. The number of anilines is 1. The SMILES string of the molecule is O=C1Nc2ccc([N+](=O)[O-])cc2/C1=C/c1ccc(Br)o1. The third-order valence-corrected chi connectivity index (χ3v) is 3.30. The number of carbonyl (C=O) groups is 1. The number of nitrogens with one attached hydrogen (secondary N) is 1. The first-order valence-electron chi connectivity index (χ1n) is 5.62. The zero-order valence-corrected chi connectivity index (χ0v) is 11.5. The van der Waals surface area contributed by atoms with Gasteiger partial charge in [-0.15, -0.1) is 0 Å². The van der Waals surface area contributed by atoms with Crippen molar-refractivity contribution in [3.8, 4) is 0 Å². The smallest absolute Gasteiger partial charge is 0.270 e. The fourth-order valence-corrected chi connectivity index (χ4v) is 2.30. The molecular formula is C13H7BrN2O4. The average molecular weight is 335 g/mol. The van der Waals surface area contributed by atoms with Gasteiger partial charge in [0.1, 0.15) is 5.76 Å². The Morgan fingerprint density at radius 2 is 2.10 bits per heavy atom. The van der Waals surface area contributed by atoms with Crippen LogP contribution in [-0.2, 0) is 4.79 Å². The number of amides is 1. The zero-order valence-electron chi connectivity index (χ0n) is 9.92. The molecule has 7 heteroatoms. The van der Waals surface area contributed by atoms with E-state index in [0.29, 0.717) is 27.3 Å². The van der Waals surface area contributed by atoms with Gasteiger partial charge in [0.25, 0.3) is 11.6 Å². The molecule has 1 aliphatic rings. The van der Waals surface area contributed by atoms with Crippen molar-refractivity contribution in [1.29, 1.82) is 0 Å². The standard InChI is InChI=1S/C13H7BrN2O4/c14-12-4-2-8(20-12)6-10-9-5-7(16(18)19)1-3-11(9)15-13(10)17/h1-6H,(H,15,17)/b10-6-. The third kappa shape index (κ3) is 2.12. The number of rotatable bonds is 2. The van der Waals surface area contributed by atoms with E-state index in [1.54, 1.807) is 18.2 Å². The van der Waals surface area contributed by atoms with E-state index in [2.05, 4.69) is 21.2 Å². The fraction of sp³-hybridized carbons (Fsp3) is 0. The summed E-state index contributed by atoms with van der Waals surface area (Å²) < 4.78 is 5.86. The van der Waals surface area contributed by atoms with Gasteiger partial charge in [0, 0.05) is 23.4 Å². The number of nitro groups is 1. The molecule has 0 atom stereocenters. The van der Waals surface area contributed by atoms with E-state index in [-0.39, 0.29) is 11.6 Å². The minimum atomic E-state index is -0.496. The summed E-state index contributed by atoms with van der Waals surface area (Å²) in [5, 5.41) is 13.5. The monoisotopic (exact) mass is 334 g/mol. The quantitative estimate of drug-likeness (QED) is 0.517. The van der Waals surface area contributed by atoms with Crippen molar-refractivity contribution in [2.75, 3.05) is 5.32 Å². The Balaban J connectivity index is 2.10. The van der Waals surface area contributed by atoms with Gasteiger partial charge in [-0.05, 0) is 40.2 Å². The van der Waals surface area contributed by atoms with Gasteiger partial charge >= 0.3 is 0 Å². The zero-order chi connectivity index (χ0) is 14.3. The van der Waals surface area contributed by atoms with E-state index >= 15 is 0 Å². The molecule has 6 nitrogen and oxygen atoms in total. The van der Waals surface area contributed by atoms with Gasteiger partial charge in [-0.25, -0.2) is 0 Å². The first-order valence-corrected chi connectivity index (χ1v) is 6.41. The molecule has 2 aromatic rings. The summed E-state index contributed by atoms with van der Waals surface area (Å²) >= 11 is 3.17. The molecule has 20 heavy (non-hydrogen) atoms. The van der Waals surface area contributed by atoms with Crippen molar-refractivity contribution in [2.24, 2.45) is 0 Å². The normalized spacial score (nSPS) is 15.2. The number of non-ortho nitro benzene ring substituents is 1. The highest BCUT2D eigenvalue weighted by atomic mass is 79.9. The second-order valence-electron chi connectivity index (χ2n) is 4.14. The number of nitro benzene ring substituents is 1. The van der Waals surface area contributed by atoms with Crippen molar-refractivity contribution in [2.45, 2.75) is 0 Å². The van der Waals surface area contributed by atoms with E-state index in [0.717, 1.165) is 0 Å². The molecule has 100 valence electrons. The average Bonchev–Trinajstić information content (AvgIpc) is 2.94. The van der Waals surface area contributed by atoms with Crippen molar-refractivity contribution in [3.05, 3.63) is 56.4 Å². The summed E-state index contributed by atoms with van der Waals surface area (Å²) in [6.07, 6.45) is 1.55. The highest BCUT2D eigenvalue weighted by Crippen LogP contribution is 2.35. The van der Waals surface area contributed by atoms with Crippen molar-refractivity contribution >= 4 is 44.9 Å². The Morgan fingerprint density at radius 1 is 1.30 bits per heavy atom. The number of fused-ring (bicyclic) bond motifs is 1. The Morgan fingerprint density at radius 3 is 2.75 bits per heavy atom. The maximum absolute atomic E-state index is 11.9. The molecule has 0 unspecified atom stereocenters. The van der Waals surface area contributed by atoms with Crippen molar-refractivity contribution in [1.82, 2.24) is 0 Å². The summed E-state index contributed by atoms with van der Waals surface area (Å²) in [5.41, 5.74) is 1.33. The van der Waals surface area contributed by atoms with E-state index < -0.39 is 4.92 Å². The largest absolute Gasteiger partial charge is 0.450 e. The summed E-state index contributed by atoms with van der Waals surface area (Å²) in [5.74, 6) is 0.175. The van der Waals surface area contributed by atoms with E-state index in [1.165, 1.54) is 18.2 Å². The van der Waals surface area contributed by atoms with Crippen LogP contribution in [0.4, 0.5) is 11.4 Å². The molecule has 1 N–H and O–H groups in total. The lowest BCUT2D eigenvalue weighted by molar-refractivity contribution is -0.384. The van der Waals surface area contributed by atoms with Crippen LogP contribution >= 0.6 is 15.9 Å². The van der Waals surface area contributed by atoms with Crippen molar-refractivity contribution in [3.63, 3.8) is 0 Å². The molecule has 1 aromatic heterocycles. The van der Waals surface area contributed by atoms with E-state index in [4.69, 9.17) is 4.42 Å². The maximum Gasteiger partial charge on any atom is 0.270 e. The van der Waals surface area contributed by atoms with Crippen LogP contribution in [-0.4, -0.2) is 10.8 Å². The molecule has 1 aromatic carbocycles. The van der Waals surface area contributed by atoms with Gasteiger partial charge in [-0.2, -0.15) is 0 Å². The number of hydrogen-bond acceptors (Lipinski definition) is 4. The lowest BCUT2D eigenvalue weighted by atomic mass is 10.1. The van der Waals surface area contributed by atoms with Gasteiger partial charge in [0.2, 0.25) is 0 Å². The molecule has 0 radical (unpaired) electrons. The van der Waals surface area contributed by atoms with Gasteiger partial charge in [0.15, 0.2) is 4.67 Å². The first kappa shape index (κ1) is 12.6. The molecule has 3 rings (SSSR count). The second-order valence-corrected chi connectivity index (χ2v) is 4.92. The molecule has 0 saturated carbocycles. The van der Waals surface area contributed by atoms with E-state index in [9.17, 15) is 14.9 Å². The first-order chi connectivity index (χ1) is 9.54. The summed E-state index contributed by atoms with van der Waals surface area (Å²) in [6.45, 7) is 0. The molecule has 1 amide bonds. The van der Waals surface area contributed by atoms with Crippen LogP contribution in [0.2, 0.25) is 0 Å². The molecule has 0 fully saturated rings. The minimum Gasteiger partial charge on any atom is -0.450 e. The van der Waals surface area contributed by atoms with Gasteiger partial charge in [-0.1, -0.05) is 0 Å². The number of furan rings is 1. The van der Waals surface area contributed by atoms with Crippen LogP contribution in [0.25, 0.3) is 11.6 Å². The number of hydrogen-bond donors (Lipinski definition) is 1. The lowest BCUT2D eigenvalue weighted by Gasteiger charge is -1.98. The molecule has 0 bridgehead atoms. The predicted octanol–water partition coefficient (Wildman–Crippen LogP) is 3.44. The van der Waals surface area contributed by atoms with Gasteiger partial charge in [-0.3, -0.25) is 14.9 Å². The molecule has 0 saturated heterocycles. The highest BCUT2D eigenvalue weighted by Gasteiger charge is 2.26. The van der Waals surface area contributed by atoms with Crippen LogP contribution < -0.4 is 5.32 Å². The minimum absolute atomic E-state index is 0.0632. The molecule has 2 heterocycles. The van der Waals surface area contributed by atoms with Gasteiger partial charge in [0.05, 0.1) is 10.5 Å². The molecule has 1 aliphatic heterocycles. The summed E-state index contributed by atoms with van der Waals surface area (Å²) in [4.78, 5) is 22.2.